The van der Waals surface area contributed by atoms with Gasteiger partial charge in [-0.1, -0.05) is 0 Å². The lowest BCUT2D eigenvalue weighted by Gasteiger charge is -2.34. The second-order valence-corrected chi connectivity index (χ2v) is 5.16. The van der Waals surface area contributed by atoms with E-state index in [-0.39, 0.29) is 0 Å². The van der Waals surface area contributed by atoms with Crippen molar-refractivity contribution >= 4 is 5.97 Å². The molecule has 0 aromatic heterocycles. The topological polar surface area (TPSA) is 61.8 Å². The van der Waals surface area contributed by atoms with Gasteiger partial charge in [-0.25, -0.2) is 0 Å². The predicted molar refractivity (Wildman–Crippen MR) is 70.8 cm³/mol. The molecule has 2 unspecified atom stereocenters. The quantitative estimate of drug-likeness (QED) is 0.711. The number of likely N-dealkylation sites (N-methyl/N-ethyl adjacent to an activating group) is 1. The van der Waals surface area contributed by atoms with Gasteiger partial charge in [-0.15, -0.1) is 0 Å². The number of rotatable bonds is 7. The number of likely N-dealkylation sites (tertiary alicyclic amines) is 1. The molecule has 1 aliphatic heterocycles. The molecule has 0 aliphatic carbocycles. The van der Waals surface area contributed by atoms with E-state index >= 15 is 0 Å². The Hall–Kier alpha value is -0.650. The van der Waals surface area contributed by atoms with Crippen molar-refractivity contribution in [2.24, 2.45) is 0 Å². The highest BCUT2D eigenvalue weighted by atomic mass is 16.5. The fraction of sp³-hybridized carbons (Fsp3) is 0.923. The van der Waals surface area contributed by atoms with Crippen molar-refractivity contribution in [3.05, 3.63) is 0 Å². The zero-order chi connectivity index (χ0) is 13.6. The van der Waals surface area contributed by atoms with Crippen LogP contribution in [-0.4, -0.2) is 60.9 Å². The Morgan fingerprint density at radius 3 is 2.89 bits per heavy atom. The van der Waals surface area contributed by atoms with Crippen molar-refractivity contribution in [3.63, 3.8) is 0 Å². The van der Waals surface area contributed by atoms with Crippen LogP contribution in [-0.2, 0) is 9.53 Å². The molecule has 0 aromatic carbocycles. The largest absolute Gasteiger partial charge is 0.480 e. The minimum Gasteiger partial charge on any atom is -0.480 e. The molecule has 1 fully saturated rings. The van der Waals surface area contributed by atoms with Gasteiger partial charge in [0.05, 0.1) is 6.10 Å². The van der Waals surface area contributed by atoms with E-state index in [1.807, 2.05) is 6.92 Å². The average molecular weight is 258 g/mol. The van der Waals surface area contributed by atoms with Crippen molar-refractivity contribution in [3.8, 4) is 0 Å². The number of aliphatic carboxylic acids is 1. The second-order valence-electron chi connectivity index (χ2n) is 5.16. The monoisotopic (exact) mass is 258 g/mol. The molecule has 5 nitrogen and oxygen atoms in total. The molecule has 2 N–H and O–H groups in total. The Labute approximate surface area is 109 Å². The molecule has 0 bridgehead atoms. The SMILES string of the molecule is CCOC1CCCN(CCC(C)(NC)C(=O)O)C1. The maximum atomic E-state index is 11.2. The van der Waals surface area contributed by atoms with Crippen LogP contribution >= 0.6 is 0 Å². The maximum absolute atomic E-state index is 11.2. The summed E-state index contributed by atoms with van der Waals surface area (Å²) in [5.41, 5.74) is -0.835. The molecule has 0 amide bonds. The normalized spacial score (nSPS) is 24.7. The van der Waals surface area contributed by atoms with Crippen LogP contribution in [0.3, 0.4) is 0 Å². The van der Waals surface area contributed by atoms with Crippen molar-refractivity contribution in [1.82, 2.24) is 10.2 Å². The van der Waals surface area contributed by atoms with Gasteiger partial charge in [0.1, 0.15) is 5.54 Å². The summed E-state index contributed by atoms with van der Waals surface area (Å²) in [6.07, 6.45) is 3.17. The lowest BCUT2D eigenvalue weighted by atomic mass is 9.97. The van der Waals surface area contributed by atoms with Gasteiger partial charge in [0.25, 0.3) is 0 Å². The number of nitrogens with zero attached hydrogens (tertiary/aromatic N) is 1. The predicted octanol–water partition coefficient (Wildman–Crippen LogP) is 0.940. The molecule has 1 heterocycles. The number of nitrogens with one attached hydrogen (secondary N) is 1. The summed E-state index contributed by atoms with van der Waals surface area (Å²) in [6.45, 7) is 7.27. The molecule has 18 heavy (non-hydrogen) atoms. The molecule has 1 aliphatic rings. The number of piperidine rings is 1. The van der Waals surface area contributed by atoms with E-state index in [9.17, 15) is 9.90 Å². The third-order valence-electron chi connectivity index (χ3n) is 3.82. The van der Waals surface area contributed by atoms with Crippen molar-refractivity contribution < 1.29 is 14.6 Å². The Bertz CT molecular complexity index is 271. The molecular formula is C13H26N2O3. The van der Waals surface area contributed by atoms with E-state index in [1.54, 1.807) is 14.0 Å². The van der Waals surface area contributed by atoms with Crippen LogP contribution in [0.25, 0.3) is 0 Å². The maximum Gasteiger partial charge on any atom is 0.323 e. The van der Waals surface area contributed by atoms with Crippen molar-refractivity contribution in [1.29, 1.82) is 0 Å². The van der Waals surface area contributed by atoms with Gasteiger partial charge in [-0.3, -0.25) is 4.79 Å². The highest BCUT2D eigenvalue weighted by molar-refractivity contribution is 5.78. The van der Waals surface area contributed by atoms with Crippen LogP contribution in [0.5, 0.6) is 0 Å². The number of carbonyl (C=O) groups is 1. The Kier molecular flexibility index (Phi) is 6.05. The molecule has 0 spiro atoms. The number of carboxylic acids is 1. The molecule has 5 heteroatoms. The lowest BCUT2D eigenvalue weighted by Crippen LogP contribution is -2.50. The summed E-state index contributed by atoms with van der Waals surface area (Å²) < 4.78 is 5.65. The zero-order valence-corrected chi connectivity index (χ0v) is 11.7. The number of carboxylic acid groups (broad SMARTS) is 1. The van der Waals surface area contributed by atoms with Crippen LogP contribution in [0.2, 0.25) is 0 Å². The molecule has 106 valence electrons. The first-order valence-corrected chi connectivity index (χ1v) is 6.78. The third kappa shape index (κ3) is 4.23. The first-order chi connectivity index (χ1) is 8.51. The van der Waals surface area contributed by atoms with Crippen LogP contribution in [0.4, 0.5) is 0 Å². The van der Waals surface area contributed by atoms with Gasteiger partial charge in [-0.05, 0) is 46.7 Å². The molecule has 0 radical (unpaired) electrons. The Morgan fingerprint density at radius 1 is 1.61 bits per heavy atom. The van der Waals surface area contributed by atoms with Crippen LogP contribution in [0.1, 0.15) is 33.1 Å². The second kappa shape index (κ2) is 7.07. The van der Waals surface area contributed by atoms with Crippen molar-refractivity contribution in [2.45, 2.75) is 44.8 Å². The number of hydrogen-bond donors (Lipinski definition) is 2. The number of ether oxygens (including phenoxy) is 1. The summed E-state index contributed by atoms with van der Waals surface area (Å²) in [6, 6.07) is 0. The first kappa shape index (κ1) is 15.4. The van der Waals surface area contributed by atoms with E-state index in [2.05, 4.69) is 10.2 Å². The van der Waals surface area contributed by atoms with Gasteiger partial charge < -0.3 is 20.1 Å². The number of hydrogen-bond acceptors (Lipinski definition) is 4. The molecule has 0 saturated carbocycles. The summed E-state index contributed by atoms with van der Waals surface area (Å²) in [4.78, 5) is 13.5. The smallest absolute Gasteiger partial charge is 0.323 e. The summed E-state index contributed by atoms with van der Waals surface area (Å²) >= 11 is 0. The van der Waals surface area contributed by atoms with E-state index in [0.717, 1.165) is 39.1 Å². The highest BCUT2D eigenvalue weighted by Gasteiger charge is 2.32. The minimum atomic E-state index is -0.835. The van der Waals surface area contributed by atoms with E-state index < -0.39 is 11.5 Å². The highest BCUT2D eigenvalue weighted by Crippen LogP contribution is 2.16. The van der Waals surface area contributed by atoms with E-state index in [4.69, 9.17) is 4.74 Å². The lowest BCUT2D eigenvalue weighted by molar-refractivity contribution is -0.144. The van der Waals surface area contributed by atoms with Crippen LogP contribution < -0.4 is 5.32 Å². The molecule has 1 saturated heterocycles. The average Bonchev–Trinajstić information content (AvgIpc) is 2.36. The third-order valence-corrected chi connectivity index (χ3v) is 3.82. The summed E-state index contributed by atoms with van der Waals surface area (Å²) in [5.74, 6) is -0.789. The summed E-state index contributed by atoms with van der Waals surface area (Å²) in [7, 11) is 1.70. The Balaban J connectivity index is 2.40. The first-order valence-electron chi connectivity index (χ1n) is 6.78. The molecule has 2 atom stereocenters. The Morgan fingerprint density at radius 2 is 2.33 bits per heavy atom. The molecular weight excluding hydrogens is 232 g/mol. The van der Waals surface area contributed by atoms with Crippen LogP contribution in [0.15, 0.2) is 0 Å². The fourth-order valence-corrected chi connectivity index (χ4v) is 2.31. The van der Waals surface area contributed by atoms with E-state index in [1.165, 1.54) is 0 Å². The van der Waals surface area contributed by atoms with Crippen molar-refractivity contribution in [2.75, 3.05) is 33.3 Å². The van der Waals surface area contributed by atoms with Crippen LogP contribution in [0, 0.1) is 0 Å². The van der Waals surface area contributed by atoms with E-state index in [0.29, 0.717) is 12.5 Å². The standard InChI is InChI=1S/C13H26N2O3/c1-4-18-11-6-5-8-15(10-11)9-7-13(2,14-3)12(16)17/h11,14H,4-10H2,1-3H3,(H,16,17). The fourth-order valence-electron chi connectivity index (χ4n) is 2.31. The zero-order valence-electron chi connectivity index (χ0n) is 11.7. The molecule has 1 rings (SSSR count). The van der Waals surface area contributed by atoms with Gasteiger partial charge >= 0.3 is 5.97 Å². The van der Waals surface area contributed by atoms with Gasteiger partial charge in [0.2, 0.25) is 0 Å². The van der Waals surface area contributed by atoms with Gasteiger partial charge in [0.15, 0.2) is 0 Å². The molecule has 0 aromatic rings. The minimum absolute atomic E-state index is 0.314. The van der Waals surface area contributed by atoms with Gasteiger partial charge in [0, 0.05) is 19.7 Å². The summed E-state index contributed by atoms with van der Waals surface area (Å²) in [5, 5.41) is 12.1. The van der Waals surface area contributed by atoms with Gasteiger partial charge in [-0.2, -0.15) is 0 Å².